The molecule has 0 spiro atoms. The summed E-state index contributed by atoms with van der Waals surface area (Å²) in [7, 11) is 0. The van der Waals surface area contributed by atoms with Crippen LogP contribution in [0.2, 0.25) is 5.02 Å². The number of nitrogens with one attached hydrogen (secondary N) is 2. The zero-order chi connectivity index (χ0) is 21.1. The highest BCUT2D eigenvalue weighted by atomic mass is 35.5. The van der Waals surface area contributed by atoms with Crippen molar-refractivity contribution in [3.8, 4) is 0 Å². The minimum Gasteiger partial charge on any atom is -0.322 e. The Bertz CT molecular complexity index is 1120. The van der Waals surface area contributed by atoms with Crippen molar-refractivity contribution in [1.82, 2.24) is 9.88 Å². The molecule has 2 N–H and O–H groups in total. The number of anilines is 1. The highest BCUT2D eigenvalue weighted by Gasteiger charge is 2.26. The van der Waals surface area contributed by atoms with E-state index >= 15 is 0 Å². The van der Waals surface area contributed by atoms with E-state index in [1.54, 1.807) is 18.2 Å². The summed E-state index contributed by atoms with van der Waals surface area (Å²) in [5, 5.41) is 4.50. The van der Waals surface area contributed by atoms with Crippen molar-refractivity contribution in [3.05, 3.63) is 75.0 Å². The van der Waals surface area contributed by atoms with Gasteiger partial charge in [0.25, 0.3) is 5.56 Å². The average Bonchev–Trinajstić information content (AvgIpc) is 2.73. The Hall–Kier alpha value is -2.79. The molecule has 0 bridgehead atoms. The molecular weight excluding hydrogens is 398 g/mol. The number of H-pyrrole nitrogens is 1. The lowest BCUT2D eigenvalue weighted by Crippen LogP contribution is -2.44. The van der Waals surface area contributed by atoms with Crippen LogP contribution in [0.5, 0.6) is 0 Å². The number of aromatic nitrogens is 1. The molecule has 4 rings (SSSR count). The summed E-state index contributed by atoms with van der Waals surface area (Å²) in [6, 6.07) is 14.9. The Morgan fingerprint density at radius 2 is 1.93 bits per heavy atom. The zero-order valence-corrected chi connectivity index (χ0v) is 17.8. The van der Waals surface area contributed by atoms with Gasteiger partial charge in [0.2, 0.25) is 0 Å². The summed E-state index contributed by atoms with van der Waals surface area (Å²) in [6.07, 6.45) is 5.29. The smallest absolute Gasteiger partial charge is 0.322 e. The van der Waals surface area contributed by atoms with Gasteiger partial charge in [0.1, 0.15) is 0 Å². The summed E-state index contributed by atoms with van der Waals surface area (Å²) in [5.41, 5.74) is 3.03. The Kier molecular flexibility index (Phi) is 6.09. The van der Waals surface area contributed by atoms with E-state index in [1.807, 2.05) is 42.2 Å². The number of urea groups is 1. The molecule has 0 aliphatic heterocycles. The predicted molar refractivity (Wildman–Crippen MR) is 122 cm³/mol. The number of hydrogen-bond acceptors (Lipinski definition) is 2. The highest BCUT2D eigenvalue weighted by Crippen LogP contribution is 2.25. The fourth-order valence-corrected chi connectivity index (χ4v) is 4.38. The van der Waals surface area contributed by atoms with Crippen LogP contribution in [-0.4, -0.2) is 22.0 Å². The molecule has 3 aromatic rings. The number of amides is 2. The van der Waals surface area contributed by atoms with Crippen molar-refractivity contribution in [2.45, 2.75) is 51.6 Å². The number of benzene rings is 2. The van der Waals surface area contributed by atoms with Crippen LogP contribution >= 0.6 is 11.6 Å². The standard InChI is InChI=1S/C24H26ClN3O2/c1-16-10-11-22-17(12-16)13-18(23(29)27-22)15-28(21-8-3-2-4-9-21)24(30)26-20-7-5-6-19(25)14-20/h5-7,10-14,21H,2-4,8-9,15H2,1H3,(H,26,30)(H,27,29). The molecule has 5 nitrogen and oxygen atoms in total. The first-order chi connectivity index (χ1) is 14.5. The van der Waals surface area contributed by atoms with Crippen molar-refractivity contribution in [2.75, 3.05) is 5.32 Å². The number of nitrogens with zero attached hydrogens (tertiary/aromatic N) is 1. The summed E-state index contributed by atoms with van der Waals surface area (Å²) in [5.74, 6) is 0. The number of rotatable bonds is 4. The van der Waals surface area contributed by atoms with E-state index in [9.17, 15) is 9.59 Å². The molecule has 156 valence electrons. The molecule has 6 heteroatoms. The largest absolute Gasteiger partial charge is 0.322 e. The number of aryl methyl sites for hydroxylation is 1. The quantitative estimate of drug-likeness (QED) is 0.552. The van der Waals surface area contributed by atoms with E-state index in [1.165, 1.54) is 6.42 Å². The van der Waals surface area contributed by atoms with Gasteiger partial charge in [-0.1, -0.05) is 48.6 Å². The first-order valence-electron chi connectivity index (χ1n) is 10.5. The van der Waals surface area contributed by atoms with E-state index < -0.39 is 0 Å². The van der Waals surface area contributed by atoms with Gasteiger partial charge in [-0.3, -0.25) is 4.79 Å². The molecule has 2 aromatic carbocycles. The maximum Gasteiger partial charge on any atom is 0.322 e. The lowest BCUT2D eigenvalue weighted by Gasteiger charge is -2.34. The van der Waals surface area contributed by atoms with Crippen LogP contribution in [0.1, 0.15) is 43.2 Å². The lowest BCUT2D eigenvalue weighted by molar-refractivity contribution is 0.162. The van der Waals surface area contributed by atoms with Gasteiger partial charge < -0.3 is 15.2 Å². The third-order valence-electron chi connectivity index (χ3n) is 5.77. The van der Waals surface area contributed by atoms with Crippen LogP contribution in [0.15, 0.2) is 53.3 Å². The van der Waals surface area contributed by atoms with Gasteiger partial charge in [0.05, 0.1) is 6.54 Å². The Morgan fingerprint density at radius 1 is 1.13 bits per heavy atom. The zero-order valence-electron chi connectivity index (χ0n) is 17.1. The number of halogens is 1. The topological polar surface area (TPSA) is 65.2 Å². The van der Waals surface area contributed by atoms with E-state index in [2.05, 4.69) is 10.3 Å². The van der Waals surface area contributed by atoms with Gasteiger partial charge in [0.15, 0.2) is 0 Å². The van der Waals surface area contributed by atoms with Gasteiger partial charge in [-0.25, -0.2) is 4.79 Å². The van der Waals surface area contributed by atoms with Crippen LogP contribution in [0.3, 0.4) is 0 Å². The summed E-state index contributed by atoms with van der Waals surface area (Å²) in [4.78, 5) is 30.7. The second-order valence-electron chi connectivity index (χ2n) is 8.07. The maximum atomic E-state index is 13.2. The summed E-state index contributed by atoms with van der Waals surface area (Å²) in [6.45, 7) is 2.30. The number of fused-ring (bicyclic) bond motifs is 1. The fraction of sp³-hybridized carbons (Fsp3) is 0.333. The molecule has 1 heterocycles. The third-order valence-corrected chi connectivity index (χ3v) is 6.00. The average molecular weight is 424 g/mol. The highest BCUT2D eigenvalue weighted by molar-refractivity contribution is 6.30. The number of pyridine rings is 1. The number of carbonyl (C=O) groups excluding carboxylic acids is 1. The molecule has 1 fully saturated rings. The van der Waals surface area contributed by atoms with Crippen LogP contribution < -0.4 is 10.9 Å². The molecule has 30 heavy (non-hydrogen) atoms. The first kappa shape index (κ1) is 20.5. The SMILES string of the molecule is Cc1ccc2[nH]c(=O)c(CN(C(=O)Nc3cccc(Cl)c3)C3CCCCC3)cc2c1. The lowest BCUT2D eigenvalue weighted by atomic mass is 9.94. The van der Waals surface area contributed by atoms with Gasteiger partial charge in [-0.05, 0) is 61.5 Å². The van der Waals surface area contributed by atoms with Crippen LogP contribution in [0.25, 0.3) is 10.9 Å². The predicted octanol–water partition coefficient (Wildman–Crippen LogP) is 5.86. The Labute approximate surface area is 181 Å². The molecular formula is C24H26ClN3O2. The number of hydrogen-bond donors (Lipinski definition) is 2. The van der Waals surface area contributed by atoms with E-state index in [0.29, 0.717) is 16.3 Å². The summed E-state index contributed by atoms with van der Waals surface area (Å²) >= 11 is 6.06. The van der Waals surface area contributed by atoms with E-state index in [4.69, 9.17) is 11.6 Å². The maximum absolute atomic E-state index is 13.2. The monoisotopic (exact) mass is 423 g/mol. The molecule has 1 aliphatic carbocycles. The van der Waals surface area contributed by atoms with Gasteiger partial charge in [-0.2, -0.15) is 0 Å². The number of carbonyl (C=O) groups is 1. The Morgan fingerprint density at radius 3 is 2.70 bits per heavy atom. The normalized spacial score (nSPS) is 14.6. The minimum atomic E-state index is -0.201. The molecule has 0 atom stereocenters. The third kappa shape index (κ3) is 4.68. The molecule has 1 aromatic heterocycles. The summed E-state index contributed by atoms with van der Waals surface area (Å²) < 4.78 is 0. The molecule has 1 saturated carbocycles. The second kappa shape index (κ2) is 8.92. The van der Waals surface area contributed by atoms with Gasteiger partial charge in [0, 0.05) is 27.8 Å². The van der Waals surface area contributed by atoms with Crippen LogP contribution in [0.4, 0.5) is 10.5 Å². The van der Waals surface area contributed by atoms with Crippen molar-refractivity contribution in [3.63, 3.8) is 0 Å². The molecule has 0 radical (unpaired) electrons. The van der Waals surface area contributed by atoms with Crippen molar-refractivity contribution in [1.29, 1.82) is 0 Å². The Balaban J connectivity index is 1.64. The van der Waals surface area contributed by atoms with E-state index in [-0.39, 0.29) is 24.2 Å². The molecule has 0 unspecified atom stereocenters. The van der Waals surface area contributed by atoms with Gasteiger partial charge in [-0.15, -0.1) is 0 Å². The van der Waals surface area contributed by atoms with Crippen LogP contribution in [0, 0.1) is 6.92 Å². The van der Waals surface area contributed by atoms with Crippen molar-refractivity contribution < 1.29 is 4.79 Å². The second-order valence-corrected chi connectivity index (χ2v) is 8.51. The van der Waals surface area contributed by atoms with Crippen molar-refractivity contribution >= 4 is 34.2 Å². The first-order valence-corrected chi connectivity index (χ1v) is 10.8. The minimum absolute atomic E-state index is 0.116. The van der Waals surface area contributed by atoms with Crippen LogP contribution in [-0.2, 0) is 6.54 Å². The molecule has 1 aliphatic rings. The van der Waals surface area contributed by atoms with Gasteiger partial charge >= 0.3 is 6.03 Å². The van der Waals surface area contributed by atoms with Crippen molar-refractivity contribution in [2.24, 2.45) is 0 Å². The fourth-order valence-electron chi connectivity index (χ4n) is 4.19. The number of aromatic amines is 1. The molecule has 2 amide bonds. The molecule has 0 saturated heterocycles. The van der Waals surface area contributed by atoms with E-state index in [0.717, 1.165) is 42.1 Å².